The van der Waals surface area contributed by atoms with Gasteiger partial charge in [0.2, 0.25) is 0 Å². The van der Waals surface area contributed by atoms with E-state index in [1.165, 1.54) is 5.56 Å². The summed E-state index contributed by atoms with van der Waals surface area (Å²) in [4.78, 5) is 4.07. The lowest BCUT2D eigenvalue weighted by Gasteiger charge is -2.05. The topological polar surface area (TPSA) is 60.2 Å². The van der Waals surface area contributed by atoms with E-state index in [0.717, 1.165) is 18.8 Å². The maximum absolute atomic E-state index is 5.55. The number of nitrogens with one attached hydrogen (secondary N) is 1. The maximum atomic E-state index is 5.55. The number of aromatic nitrogens is 2. The smallest absolute Gasteiger partial charge is 0.264 e. The van der Waals surface area contributed by atoms with Gasteiger partial charge in [-0.15, -0.1) is 0 Å². The predicted octanol–water partition coefficient (Wildman–Crippen LogP) is 2.07. The summed E-state index contributed by atoms with van der Waals surface area (Å²) in [6.45, 7) is 6.01. The van der Waals surface area contributed by atoms with Crippen LogP contribution in [-0.4, -0.2) is 16.7 Å². The second-order valence-electron chi connectivity index (χ2n) is 3.95. The SMILES string of the molecule is CCNCc1ccc(OCc2nc(C)no2)cc1. The van der Waals surface area contributed by atoms with Gasteiger partial charge in [-0.05, 0) is 31.2 Å². The molecule has 1 aromatic heterocycles. The summed E-state index contributed by atoms with van der Waals surface area (Å²) >= 11 is 0. The highest BCUT2D eigenvalue weighted by Crippen LogP contribution is 2.13. The lowest BCUT2D eigenvalue weighted by Crippen LogP contribution is -2.11. The van der Waals surface area contributed by atoms with E-state index < -0.39 is 0 Å². The minimum atomic E-state index is 0.299. The summed E-state index contributed by atoms with van der Waals surface area (Å²) in [6.07, 6.45) is 0. The molecule has 0 amide bonds. The first kappa shape index (κ1) is 12.6. The fraction of sp³-hybridized carbons (Fsp3) is 0.385. The van der Waals surface area contributed by atoms with Gasteiger partial charge in [-0.25, -0.2) is 0 Å². The van der Waals surface area contributed by atoms with Crippen molar-refractivity contribution < 1.29 is 9.26 Å². The number of rotatable bonds is 6. The Labute approximate surface area is 106 Å². The molecule has 0 saturated carbocycles. The molecule has 0 fully saturated rings. The molecule has 0 spiro atoms. The van der Waals surface area contributed by atoms with Crippen LogP contribution in [0.3, 0.4) is 0 Å². The molecule has 0 aliphatic rings. The van der Waals surface area contributed by atoms with Gasteiger partial charge in [0.15, 0.2) is 12.4 Å². The molecule has 0 bridgehead atoms. The summed E-state index contributed by atoms with van der Waals surface area (Å²) in [5.74, 6) is 1.91. The third-order valence-electron chi connectivity index (χ3n) is 2.43. The molecule has 0 radical (unpaired) electrons. The first-order valence-electron chi connectivity index (χ1n) is 5.99. The van der Waals surface area contributed by atoms with Gasteiger partial charge in [-0.3, -0.25) is 0 Å². The second kappa shape index (κ2) is 6.16. The molecule has 18 heavy (non-hydrogen) atoms. The van der Waals surface area contributed by atoms with E-state index in [1.54, 1.807) is 6.92 Å². The molecular formula is C13H17N3O2. The van der Waals surface area contributed by atoms with Crippen molar-refractivity contribution in [3.8, 4) is 5.75 Å². The maximum Gasteiger partial charge on any atom is 0.264 e. The lowest BCUT2D eigenvalue weighted by atomic mass is 10.2. The van der Waals surface area contributed by atoms with Crippen molar-refractivity contribution in [1.82, 2.24) is 15.5 Å². The summed E-state index contributed by atoms with van der Waals surface area (Å²) in [7, 11) is 0. The average molecular weight is 247 g/mol. The fourth-order valence-electron chi connectivity index (χ4n) is 1.52. The monoisotopic (exact) mass is 247 g/mol. The molecule has 0 atom stereocenters. The van der Waals surface area contributed by atoms with Gasteiger partial charge in [-0.2, -0.15) is 4.98 Å². The normalized spacial score (nSPS) is 10.6. The van der Waals surface area contributed by atoms with Crippen molar-refractivity contribution in [3.63, 3.8) is 0 Å². The first-order chi connectivity index (χ1) is 8.78. The Morgan fingerprint density at radius 3 is 2.67 bits per heavy atom. The molecular weight excluding hydrogens is 230 g/mol. The minimum absolute atomic E-state index is 0.299. The van der Waals surface area contributed by atoms with E-state index in [4.69, 9.17) is 9.26 Å². The quantitative estimate of drug-likeness (QED) is 0.846. The van der Waals surface area contributed by atoms with Crippen LogP contribution in [0.25, 0.3) is 0 Å². The van der Waals surface area contributed by atoms with Crippen LogP contribution >= 0.6 is 0 Å². The van der Waals surface area contributed by atoms with Crippen LogP contribution in [0.5, 0.6) is 5.75 Å². The third-order valence-corrected chi connectivity index (χ3v) is 2.43. The summed E-state index contributed by atoms with van der Waals surface area (Å²) < 4.78 is 10.5. The van der Waals surface area contributed by atoms with E-state index in [2.05, 4.69) is 22.4 Å². The first-order valence-corrected chi connectivity index (χ1v) is 5.99. The van der Waals surface area contributed by atoms with Gasteiger partial charge < -0.3 is 14.6 Å². The number of benzene rings is 1. The Hall–Kier alpha value is -1.88. The van der Waals surface area contributed by atoms with E-state index >= 15 is 0 Å². The van der Waals surface area contributed by atoms with Crippen molar-refractivity contribution in [2.45, 2.75) is 27.0 Å². The Morgan fingerprint density at radius 2 is 2.06 bits per heavy atom. The van der Waals surface area contributed by atoms with Gasteiger partial charge in [-0.1, -0.05) is 24.2 Å². The molecule has 0 aliphatic heterocycles. The molecule has 1 N–H and O–H groups in total. The lowest BCUT2D eigenvalue weighted by molar-refractivity contribution is 0.242. The number of aryl methyl sites for hydroxylation is 1. The molecule has 5 nitrogen and oxygen atoms in total. The van der Waals surface area contributed by atoms with Crippen molar-refractivity contribution in [2.24, 2.45) is 0 Å². The van der Waals surface area contributed by atoms with Crippen LogP contribution < -0.4 is 10.1 Å². The molecule has 0 unspecified atom stereocenters. The van der Waals surface area contributed by atoms with Gasteiger partial charge in [0.25, 0.3) is 5.89 Å². The van der Waals surface area contributed by atoms with Crippen molar-refractivity contribution >= 4 is 0 Å². The summed E-state index contributed by atoms with van der Waals surface area (Å²) in [6, 6.07) is 7.96. The van der Waals surface area contributed by atoms with Crippen LogP contribution in [-0.2, 0) is 13.2 Å². The number of ether oxygens (including phenoxy) is 1. The number of hydrogen-bond acceptors (Lipinski definition) is 5. The predicted molar refractivity (Wildman–Crippen MR) is 67.2 cm³/mol. The molecule has 0 aliphatic carbocycles. The van der Waals surface area contributed by atoms with Crippen LogP contribution in [0, 0.1) is 6.92 Å². The van der Waals surface area contributed by atoms with Crippen LogP contribution in [0.15, 0.2) is 28.8 Å². The Bertz CT molecular complexity index is 479. The van der Waals surface area contributed by atoms with Crippen molar-refractivity contribution in [1.29, 1.82) is 0 Å². The van der Waals surface area contributed by atoms with Crippen LogP contribution in [0.2, 0.25) is 0 Å². The molecule has 96 valence electrons. The highest BCUT2D eigenvalue weighted by Gasteiger charge is 2.03. The molecule has 1 aromatic carbocycles. The standard InChI is InChI=1S/C13H17N3O2/c1-3-14-8-11-4-6-12(7-5-11)17-9-13-15-10(2)16-18-13/h4-7,14H,3,8-9H2,1-2H3. The number of nitrogens with zero attached hydrogens (tertiary/aromatic N) is 2. The van der Waals surface area contributed by atoms with Gasteiger partial charge in [0.1, 0.15) is 5.75 Å². The molecule has 5 heteroatoms. The fourth-order valence-corrected chi connectivity index (χ4v) is 1.52. The third kappa shape index (κ3) is 3.56. The van der Waals surface area contributed by atoms with Gasteiger partial charge in [0.05, 0.1) is 0 Å². The second-order valence-corrected chi connectivity index (χ2v) is 3.95. The average Bonchev–Trinajstić information content (AvgIpc) is 2.81. The molecule has 1 heterocycles. The largest absolute Gasteiger partial charge is 0.484 e. The van der Waals surface area contributed by atoms with E-state index in [0.29, 0.717) is 18.3 Å². The van der Waals surface area contributed by atoms with Gasteiger partial charge >= 0.3 is 0 Å². The number of hydrogen-bond donors (Lipinski definition) is 1. The Kier molecular flexibility index (Phi) is 4.30. The molecule has 2 aromatic rings. The minimum Gasteiger partial charge on any atom is -0.484 e. The zero-order valence-electron chi connectivity index (χ0n) is 10.6. The Balaban J connectivity index is 1.86. The highest BCUT2D eigenvalue weighted by atomic mass is 16.5. The van der Waals surface area contributed by atoms with E-state index in [1.807, 2.05) is 24.3 Å². The zero-order valence-corrected chi connectivity index (χ0v) is 10.6. The van der Waals surface area contributed by atoms with Crippen molar-refractivity contribution in [3.05, 3.63) is 41.5 Å². The molecule has 0 saturated heterocycles. The van der Waals surface area contributed by atoms with E-state index in [9.17, 15) is 0 Å². The van der Waals surface area contributed by atoms with Crippen molar-refractivity contribution in [2.75, 3.05) is 6.54 Å². The van der Waals surface area contributed by atoms with E-state index in [-0.39, 0.29) is 0 Å². The highest BCUT2D eigenvalue weighted by molar-refractivity contribution is 5.27. The summed E-state index contributed by atoms with van der Waals surface area (Å²) in [5, 5.41) is 6.97. The van der Waals surface area contributed by atoms with Gasteiger partial charge in [0, 0.05) is 6.54 Å². The van der Waals surface area contributed by atoms with Crippen LogP contribution in [0.1, 0.15) is 24.2 Å². The van der Waals surface area contributed by atoms with Crippen LogP contribution in [0.4, 0.5) is 0 Å². The summed E-state index contributed by atoms with van der Waals surface area (Å²) in [5.41, 5.74) is 1.23. The zero-order chi connectivity index (χ0) is 12.8. The Morgan fingerprint density at radius 1 is 1.28 bits per heavy atom. The molecule has 2 rings (SSSR count).